The summed E-state index contributed by atoms with van der Waals surface area (Å²) in [7, 11) is -3.24. The predicted molar refractivity (Wildman–Crippen MR) is 70.0 cm³/mol. The van der Waals surface area contributed by atoms with Gasteiger partial charge < -0.3 is 4.90 Å². The van der Waals surface area contributed by atoms with Crippen molar-refractivity contribution in [2.75, 3.05) is 31.3 Å². The Bertz CT molecular complexity index is 426. The quantitative estimate of drug-likeness (QED) is 0.710. The highest BCUT2D eigenvalue weighted by atomic mass is 35.5. The summed E-state index contributed by atoms with van der Waals surface area (Å²) in [5.74, 6) is 0.559. The van der Waals surface area contributed by atoms with Crippen LogP contribution in [0.25, 0.3) is 0 Å². The van der Waals surface area contributed by atoms with E-state index in [1.165, 1.54) is 4.31 Å². The van der Waals surface area contributed by atoms with Gasteiger partial charge in [0.15, 0.2) is 0 Å². The number of hydrogen-bond acceptors (Lipinski definition) is 3. The molecule has 5 nitrogen and oxygen atoms in total. The standard InChI is InChI=1S/C11H19ClN2O3S/c1-9(6-12)8-18(16,17)13-4-5-14-10(7-13)2-3-11(14)15/h9-10H,2-8H2,1H3. The van der Waals surface area contributed by atoms with Crippen molar-refractivity contribution >= 4 is 27.5 Å². The van der Waals surface area contributed by atoms with Crippen molar-refractivity contribution in [3.63, 3.8) is 0 Å². The number of sulfonamides is 1. The van der Waals surface area contributed by atoms with Crippen LogP contribution in [-0.4, -0.2) is 60.8 Å². The lowest BCUT2D eigenvalue weighted by Gasteiger charge is -2.37. The molecule has 2 heterocycles. The van der Waals surface area contributed by atoms with Crippen LogP contribution in [0, 0.1) is 5.92 Å². The zero-order valence-electron chi connectivity index (χ0n) is 10.5. The molecule has 0 radical (unpaired) electrons. The molecule has 0 N–H and O–H groups in total. The van der Waals surface area contributed by atoms with Crippen LogP contribution in [0.3, 0.4) is 0 Å². The summed E-state index contributed by atoms with van der Waals surface area (Å²) in [6, 6.07) is 0.0762. The van der Waals surface area contributed by atoms with E-state index in [1.807, 2.05) is 11.8 Å². The molecule has 2 rings (SSSR count). The summed E-state index contributed by atoms with van der Waals surface area (Å²) in [5.41, 5.74) is 0. The van der Waals surface area contributed by atoms with E-state index < -0.39 is 10.0 Å². The lowest BCUT2D eigenvalue weighted by atomic mass is 10.2. The third kappa shape index (κ3) is 2.81. The third-order valence-corrected chi connectivity index (χ3v) is 6.24. The highest BCUT2D eigenvalue weighted by molar-refractivity contribution is 7.89. The average Bonchev–Trinajstić information content (AvgIpc) is 2.70. The molecular weight excluding hydrogens is 276 g/mol. The first-order valence-electron chi connectivity index (χ1n) is 6.27. The first kappa shape index (κ1) is 14.1. The Hall–Kier alpha value is -0.330. The molecule has 18 heavy (non-hydrogen) atoms. The zero-order chi connectivity index (χ0) is 13.3. The van der Waals surface area contributed by atoms with Crippen molar-refractivity contribution in [2.24, 2.45) is 5.92 Å². The first-order valence-corrected chi connectivity index (χ1v) is 8.41. The highest BCUT2D eigenvalue weighted by Crippen LogP contribution is 2.24. The molecule has 0 bridgehead atoms. The van der Waals surface area contributed by atoms with E-state index in [1.54, 1.807) is 0 Å². The molecule has 7 heteroatoms. The van der Waals surface area contributed by atoms with Crippen LogP contribution >= 0.6 is 11.6 Å². The second-order valence-corrected chi connectivity index (χ2v) is 7.50. The molecule has 0 aromatic heterocycles. The number of hydrogen-bond donors (Lipinski definition) is 0. The predicted octanol–water partition coefficient (Wildman–Crippen LogP) is 0.498. The Morgan fingerprint density at radius 3 is 2.83 bits per heavy atom. The van der Waals surface area contributed by atoms with Gasteiger partial charge in [-0.25, -0.2) is 8.42 Å². The van der Waals surface area contributed by atoms with Crippen molar-refractivity contribution in [1.82, 2.24) is 9.21 Å². The Morgan fingerprint density at radius 1 is 1.44 bits per heavy atom. The highest BCUT2D eigenvalue weighted by Gasteiger charge is 2.39. The smallest absolute Gasteiger partial charge is 0.222 e. The lowest BCUT2D eigenvalue weighted by Crippen LogP contribution is -2.53. The van der Waals surface area contributed by atoms with Gasteiger partial charge in [-0.1, -0.05) is 6.92 Å². The lowest BCUT2D eigenvalue weighted by molar-refractivity contribution is -0.130. The largest absolute Gasteiger partial charge is 0.337 e. The van der Waals surface area contributed by atoms with E-state index in [0.717, 1.165) is 6.42 Å². The molecule has 2 aliphatic heterocycles. The molecule has 0 saturated carbocycles. The molecule has 2 aliphatic rings. The minimum Gasteiger partial charge on any atom is -0.337 e. The monoisotopic (exact) mass is 294 g/mol. The van der Waals surface area contributed by atoms with Gasteiger partial charge in [0.25, 0.3) is 0 Å². The number of alkyl halides is 1. The molecule has 0 aromatic rings. The van der Waals surface area contributed by atoms with E-state index in [-0.39, 0.29) is 23.6 Å². The van der Waals surface area contributed by atoms with E-state index in [0.29, 0.717) is 31.9 Å². The van der Waals surface area contributed by atoms with Crippen LogP contribution < -0.4 is 0 Å². The molecule has 2 unspecified atom stereocenters. The number of halogens is 1. The molecule has 1 amide bonds. The SMILES string of the molecule is CC(CCl)CS(=O)(=O)N1CCN2C(=O)CCC2C1. The molecule has 2 atom stereocenters. The van der Waals surface area contributed by atoms with Gasteiger partial charge in [-0.3, -0.25) is 4.79 Å². The molecule has 104 valence electrons. The van der Waals surface area contributed by atoms with Crippen molar-refractivity contribution in [3.05, 3.63) is 0 Å². The fraction of sp³-hybridized carbons (Fsp3) is 0.909. The maximum atomic E-state index is 12.2. The second kappa shape index (κ2) is 5.35. The average molecular weight is 295 g/mol. The van der Waals surface area contributed by atoms with Gasteiger partial charge in [-0.05, 0) is 12.3 Å². The molecule has 0 aliphatic carbocycles. The summed E-state index contributed by atoms with van der Waals surface area (Å²) in [4.78, 5) is 13.3. The number of fused-ring (bicyclic) bond motifs is 1. The summed E-state index contributed by atoms with van der Waals surface area (Å²) in [6.07, 6.45) is 1.33. The minimum absolute atomic E-state index is 0.0418. The number of rotatable bonds is 4. The fourth-order valence-corrected chi connectivity index (χ4v) is 4.64. The van der Waals surface area contributed by atoms with Crippen LogP contribution in [0.15, 0.2) is 0 Å². The van der Waals surface area contributed by atoms with Crippen molar-refractivity contribution < 1.29 is 13.2 Å². The second-order valence-electron chi connectivity index (χ2n) is 5.18. The molecule has 2 fully saturated rings. The molecular formula is C11H19ClN2O3S. The number of carbonyl (C=O) groups is 1. The number of carbonyl (C=O) groups excluding carboxylic acids is 1. The summed E-state index contributed by atoms with van der Waals surface area (Å²) < 4.78 is 25.9. The van der Waals surface area contributed by atoms with E-state index in [4.69, 9.17) is 11.6 Å². The maximum absolute atomic E-state index is 12.2. The van der Waals surface area contributed by atoms with Crippen molar-refractivity contribution in [1.29, 1.82) is 0 Å². The Kier molecular flexibility index (Phi) is 4.18. The van der Waals surface area contributed by atoms with Crippen molar-refractivity contribution in [3.8, 4) is 0 Å². The summed E-state index contributed by atoms with van der Waals surface area (Å²) in [5, 5.41) is 0. The van der Waals surface area contributed by atoms with Crippen LogP contribution in [0.4, 0.5) is 0 Å². The number of nitrogens with zero attached hydrogens (tertiary/aromatic N) is 2. The Morgan fingerprint density at radius 2 is 2.17 bits per heavy atom. The first-order chi connectivity index (χ1) is 8.44. The van der Waals surface area contributed by atoms with E-state index >= 15 is 0 Å². The van der Waals surface area contributed by atoms with Gasteiger partial charge in [0, 0.05) is 38.0 Å². The van der Waals surface area contributed by atoms with Gasteiger partial charge in [0.05, 0.1) is 5.75 Å². The van der Waals surface area contributed by atoms with Crippen molar-refractivity contribution in [2.45, 2.75) is 25.8 Å². The van der Waals surface area contributed by atoms with E-state index in [9.17, 15) is 13.2 Å². The fourth-order valence-electron chi connectivity index (χ4n) is 2.60. The van der Waals surface area contributed by atoms with Gasteiger partial charge in [0.2, 0.25) is 15.9 Å². The summed E-state index contributed by atoms with van der Waals surface area (Å²) in [6.45, 7) is 3.22. The van der Waals surface area contributed by atoms with Gasteiger partial charge >= 0.3 is 0 Å². The molecule has 0 aromatic carbocycles. The topological polar surface area (TPSA) is 57.7 Å². The van der Waals surface area contributed by atoms with Crippen LogP contribution in [0.1, 0.15) is 19.8 Å². The number of piperazine rings is 1. The van der Waals surface area contributed by atoms with Gasteiger partial charge in [-0.2, -0.15) is 4.31 Å². The number of amides is 1. The molecule has 2 saturated heterocycles. The zero-order valence-corrected chi connectivity index (χ0v) is 12.1. The normalized spacial score (nSPS) is 27.3. The van der Waals surface area contributed by atoms with E-state index in [2.05, 4.69) is 0 Å². The van der Waals surface area contributed by atoms with Crippen LogP contribution in [-0.2, 0) is 14.8 Å². The summed E-state index contributed by atoms with van der Waals surface area (Å²) >= 11 is 5.67. The van der Waals surface area contributed by atoms with Gasteiger partial charge in [0.1, 0.15) is 0 Å². The maximum Gasteiger partial charge on any atom is 0.222 e. The third-order valence-electron chi connectivity index (χ3n) is 3.61. The van der Waals surface area contributed by atoms with Crippen LogP contribution in [0.2, 0.25) is 0 Å². The van der Waals surface area contributed by atoms with Gasteiger partial charge in [-0.15, -0.1) is 11.6 Å². The van der Waals surface area contributed by atoms with Crippen LogP contribution in [0.5, 0.6) is 0 Å². The Balaban J connectivity index is 2.01. The minimum atomic E-state index is -3.24. The Labute approximate surface area is 113 Å². The molecule has 0 spiro atoms.